The average Bonchev–Trinajstić information content (AvgIpc) is 2.79. The number of carbonyl (C=O) groups is 3. The van der Waals surface area contributed by atoms with Gasteiger partial charge in [-0.25, -0.2) is 0 Å². The van der Waals surface area contributed by atoms with Crippen LogP contribution in [0.5, 0.6) is 0 Å². The average molecular weight is 308 g/mol. The molecule has 1 unspecified atom stereocenters. The molecule has 1 aliphatic heterocycles. The molecule has 0 spiro atoms. The summed E-state index contributed by atoms with van der Waals surface area (Å²) in [6.45, 7) is 5.88. The molecule has 0 radical (unpaired) electrons. The van der Waals surface area contributed by atoms with Crippen LogP contribution < -0.4 is 5.32 Å². The minimum atomic E-state index is -0.563. The van der Waals surface area contributed by atoms with Crippen LogP contribution in [0.4, 0.5) is 0 Å². The van der Waals surface area contributed by atoms with E-state index in [2.05, 4.69) is 12.2 Å². The maximum Gasteiger partial charge on any atom is 0.265 e. The Bertz CT molecular complexity index is 579. The summed E-state index contributed by atoms with van der Waals surface area (Å²) < 4.78 is 0. The van der Waals surface area contributed by atoms with Gasteiger partial charge in [-0.3, -0.25) is 19.7 Å². The number of rotatable bonds is 4. The fraction of sp³-hybridized carbons (Fsp3) is 0.533. The van der Waals surface area contributed by atoms with E-state index in [-0.39, 0.29) is 18.4 Å². The first kappa shape index (κ1) is 15.7. The number of piperazine rings is 1. The fourth-order valence-corrected chi connectivity index (χ4v) is 3.60. The van der Waals surface area contributed by atoms with Crippen molar-refractivity contribution < 1.29 is 14.4 Å². The summed E-state index contributed by atoms with van der Waals surface area (Å²) >= 11 is 1.44. The van der Waals surface area contributed by atoms with E-state index in [0.29, 0.717) is 11.3 Å². The first-order valence-corrected chi connectivity index (χ1v) is 8.03. The maximum absolute atomic E-state index is 12.6. The molecule has 0 bridgehead atoms. The van der Waals surface area contributed by atoms with Gasteiger partial charge < -0.3 is 4.90 Å². The van der Waals surface area contributed by atoms with Gasteiger partial charge in [-0.2, -0.15) is 0 Å². The summed E-state index contributed by atoms with van der Waals surface area (Å²) in [6, 6.07) is 1.34. The molecule has 1 fully saturated rings. The Kier molecular flexibility index (Phi) is 4.77. The highest BCUT2D eigenvalue weighted by Gasteiger charge is 2.36. The quantitative estimate of drug-likeness (QED) is 0.864. The number of carbonyl (C=O) groups excluding carboxylic acids is 3. The van der Waals surface area contributed by atoms with E-state index in [1.165, 1.54) is 21.8 Å². The van der Waals surface area contributed by atoms with Gasteiger partial charge in [0.15, 0.2) is 0 Å². The van der Waals surface area contributed by atoms with Crippen molar-refractivity contribution in [3.8, 4) is 0 Å². The lowest BCUT2D eigenvalue weighted by Crippen LogP contribution is -2.59. The van der Waals surface area contributed by atoms with Crippen molar-refractivity contribution in [1.29, 1.82) is 0 Å². The Morgan fingerprint density at radius 3 is 2.76 bits per heavy atom. The Hall–Kier alpha value is -1.69. The summed E-state index contributed by atoms with van der Waals surface area (Å²) in [4.78, 5) is 39.1. The second kappa shape index (κ2) is 6.39. The molecule has 0 saturated carbocycles. The minimum Gasteiger partial charge on any atom is -0.317 e. The number of amides is 3. The highest BCUT2D eigenvalue weighted by Crippen LogP contribution is 2.25. The summed E-state index contributed by atoms with van der Waals surface area (Å²) in [7, 11) is 0. The molecule has 5 nitrogen and oxygen atoms in total. The lowest BCUT2D eigenvalue weighted by Gasteiger charge is -2.33. The van der Waals surface area contributed by atoms with Crippen molar-refractivity contribution >= 4 is 29.1 Å². The molecule has 1 aromatic rings. The van der Waals surface area contributed by atoms with Crippen LogP contribution in [0.3, 0.4) is 0 Å². The molecule has 114 valence electrons. The summed E-state index contributed by atoms with van der Waals surface area (Å²) in [6.07, 6.45) is 2.46. The van der Waals surface area contributed by atoms with Crippen molar-refractivity contribution in [2.75, 3.05) is 6.54 Å². The van der Waals surface area contributed by atoms with Gasteiger partial charge in [0, 0.05) is 4.88 Å². The van der Waals surface area contributed by atoms with Crippen molar-refractivity contribution in [2.45, 2.75) is 46.1 Å². The molecule has 2 heterocycles. The Balaban J connectivity index is 2.26. The summed E-state index contributed by atoms with van der Waals surface area (Å²) in [5, 5.41) is 2.29. The molecule has 1 saturated heterocycles. The molecule has 0 aromatic carbocycles. The van der Waals surface area contributed by atoms with Crippen molar-refractivity contribution in [2.24, 2.45) is 0 Å². The van der Waals surface area contributed by atoms with E-state index in [1.807, 2.05) is 19.9 Å². The molecule has 21 heavy (non-hydrogen) atoms. The van der Waals surface area contributed by atoms with E-state index in [1.54, 1.807) is 0 Å². The predicted molar refractivity (Wildman–Crippen MR) is 81.3 cm³/mol. The van der Waals surface area contributed by atoms with E-state index in [9.17, 15) is 14.4 Å². The molecular formula is C15H20N2O3S. The monoisotopic (exact) mass is 308 g/mol. The largest absolute Gasteiger partial charge is 0.317 e. The molecular weight excluding hydrogens is 288 g/mol. The van der Waals surface area contributed by atoms with E-state index >= 15 is 0 Å². The maximum atomic E-state index is 12.6. The molecule has 0 aliphatic carbocycles. The van der Waals surface area contributed by atoms with Gasteiger partial charge in [0.05, 0.1) is 4.88 Å². The predicted octanol–water partition coefficient (Wildman–Crippen LogP) is 1.89. The molecule has 6 heteroatoms. The van der Waals surface area contributed by atoms with Crippen LogP contribution in [-0.4, -0.2) is 35.2 Å². The van der Waals surface area contributed by atoms with Crippen molar-refractivity contribution in [1.82, 2.24) is 10.2 Å². The molecule has 3 amide bonds. The van der Waals surface area contributed by atoms with Gasteiger partial charge in [-0.1, -0.05) is 20.3 Å². The number of nitrogens with one attached hydrogen (secondary N) is 1. The third kappa shape index (κ3) is 3.15. The second-order valence-corrected chi connectivity index (χ2v) is 6.47. The first-order chi connectivity index (χ1) is 9.97. The van der Waals surface area contributed by atoms with Gasteiger partial charge in [-0.15, -0.1) is 11.3 Å². The number of hydrogen-bond donors (Lipinski definition) is 1. The van der Waals surface area contributed by atoms with E-state index in [0.717, 1.165) is 17.7 Å². The molecule has 1 atom stereocenters. The van der Waals surface area contributed by atoms with Crippen LogP contribution >= 0.6 is 11.3 Å². The summed E-state index contributed by atoms with van der Waals surface area (Å²) in [5.41, 5.74) is 1.17. The number of nitrogens with zero attached hydrogens (tertiary/aromatic N) is 1. The number of imide groups is 1. The first-order valence-electron chi connectivity index (χ1n) is 7.21. The van der Waals surface area contributed by atoms with Gasteiger partial charge in [0.1, 0.15) is 12.6 Å². The Morgan fingerprint density at radius 2 is 2.14 bits per heavy atom. The number of aryl methyl sites for hydroxylation is 2. The smallest absolute Gasteiger partial charge is 0.265 e. The van der Waals surface area contributed by atoms with E-state index < -0.39 is 11.9 Å². The van der Waals surface area contributed by atoms with E-state index in [4.69, 9.17) is 0 Å². The van der Waals surface area contributed by atoms with Crippen LogP contribution in [0.2, 0.25) is 0 Å². The standard InChI is InChI=1S/C15H20N2O3S/c1-4-6-10-7-12(21-9(10)3)15(20)17-8-13(18)16-14(19)11(17)5-2/h7,11H,4-6,8H2,1-3H3,(H,16,18,19). The van der Waals surface area contributed by atoms with Gasteiger partial charge >= 0.3 is 0 Å². The highest BCUT2D eigenvalue weighted by atomic mass is 32.1. The third-order valence-electron chi connectivity index (χ3n) is 3.65. The SMILES string of the molecule is CCCc1cc(C(=O)N2CC(=O)NC(=O)C2CC)sc1C. The zero-order valence-corrected chi connectivity index (χ0v) is 13.4. The zero-order chi connectivity index (χ0) is 15.6. The van der Waals surface area contributed by atoms with Crippen LogP contribution in [0.25, 0.3) is 0 Å². The third-order valence-corrected chi connectivity index (χ3v) is 4.73. The van der Waals surface area contributed by atoms with Crippen molar-refractivity contribution in [3.05, 3.63) is 21.4 Å². The highest BCUT2D eigenvalue weighted by molar-refractivity contribution is 7.14. The Morgan fingerprint density at radius 1 is 1.43 bits per heavy atom. The summed E-state index contributed by atoms with van der Waals surface area (Å²) in [5.74, 6) is -1.02. The second-order valence-electron chi connectivity index (χ2n) is 5.21. The number of thiophene rings is 1. The van der Waals surface area contributed by atoms with Crippen LogP contribution in [0.15, 0.2) is 6.07 Å². The lowest BCUT2D eigenvalue weighted by molar-refractivity contribution is -0.138. The van der Waals surface area contributed by atoms with Crippen LogP contribution in [-0.2, 0) is 16.0 Å². The van der Waals surface area contributed by atoms with Gasteiger partial charge in [0.25, 0.3) is 5.91 Å². The zero-order valence-electron chi connectivity index (χ0n) is 12.6. The van der Waals surface area contributed by atoms with Gasteiger partial charge in [0.2, 0.25) is 11.8 Å². The normalized spacial score (nSPS) is 18.8. The van der Waals surface area contributed by atoms with Crippen LogP contribution in [0, 0.1) is 6.92 Å². The lowest BCUT2D eigenvalue weighted by atomic mass is 10.1. The molecule has 1 aliphatic rings. The molecule has 2 rings (SSSR count). The van der Waals surface area contributed by atoms with Crippen LogP contribution in [0.1, 0.15) is 46.8 Å². The minimum absolute atomic E-state index is 0.0524. The fourth-order valence-electron chi connectivity index (χ4n) is 2.57. The topological polar surface area (TPSA) is 66.5 Å². The molecule has 1 aromatic heterocycles. The Labute approximate surface area is 128 Å². The number of hydrogen-bond acceptors (Lipinski definition) is 4. The van der Waals surface area contributed by atoms with Crippen molar-refractivity contribution in [3.63, 3.8) is 0 Å². The van der Waals surface area contributed by atoms with Gasteiger partial charge in [-0.05, 0) is 31.4 Å². The molecule has 1 N–H and O–H groups in total.